The molecule has 1 aromatic rings. The molecule has 0 saturated carbocycles. The van der Waals surface area contributed by atoms with E-state index in [0.29, 0.717) is 57.2 Å². The fourth-order valence-electron chi connectivity index (χ4n) is 5.46. The number of hydrogen-bond acceptors (Lipinski definition) is 7. The Morgan fingerprint density at radius 3 is 2.71 bits per heavy atom. The van der Waals surface area contributed by atoms with Crippen LogP contribution in [-0.2, 0) is 14.4 Å². The van der Waals surface area contributed by atoms with Crippen LogP contribution in [0.1, 0.15) is 44.1 Å². The lowest BCUT2D eigenvalue weighted by Crippen LogP contribution is -2.49. The molecule has 3 aliphatic rings. The van der Waals surface area contributed by atoms with Crippen LogP contribution in [0.25, 0.3) is 0 Å². The topological polar surface area (TPSA) is 126 Å². The zero-order valence-corrected chi connectivity index (χ0v) is 20.4. The van der Waals surface area contributed by atoms with E-state index in [1.165, 1.54) is 0 Å². The third kappa shape index (κ3) is 5.54. The number of rotatable bonds is 11. The van der Waals surface area contributed by atoms with Gasteiger partial charge in [0.1, 0.15) is 0 Å². The summed E-state index contributed by atoms with van der Waals surface area (Å²) in [5.74, 6) is -0.827. The van der Waals surface area contributed by atoms with E-state index in [1.807, 2.05) is 17.0 Å². The van der Waals surface area contributed by atoms with E-state index >= 15 is 0 Å². The number of carboxylic acid groups (broad SMARTS) is 1. The molecule has 0 bridgehead atoms. The number of fused-ring (bicyclic) bond motifs is 1. The van der Waals surface area contributed by atoms with Gasteiger partial charge in [0.2, 0.25) is 18.6 Å². The molecule has 3 N–H and O–H groups in total. The molecule has 2 saturated heterocycles. The quantitative estimate of drug-likeness (QED) is 0.474. The van der Waals surface area contributed by atoms with Crippen molar-refractivity contribution < 1.29 is 29.0 Å². The van der Waals surface area contributed by atoms with Crippen molar-refractivity contribution in [2.75, 3.05) is 52.6 Å². The summed E-state index contributed by atoms with van der Waals surface area (Å²) in [6.07, 6.45) is 3.10. The SMILES string of the molecule is CCCCN(CCN)C(=O)CN1C[C@H](c2ccc3c(c2)OCO3)C(C(=O)O)[C@@H]1CN1CCCC1=O. The summed E-state index contributed by atoms with van der Waals surface area (Å²) in [6.45, 7) is 5.10. The summed E-state index contributed by atoms with van der Waals surface area (Å²) in [7, 11) is 0. The summed E-state index contributed by atoms with van der Waals surface area (Å²) in [6, 6.07) is 5.05. The van der Waals surface area contributed by atoms with E-state index in [-0.39, 0.29) is 31.1 Å². The molecular weight excluding hydrogens is 452 g/mol. The predicted molar refractivity (Wildman–Crippen MR) is 128 cm³/mol. The maximum absolute atomic E-state index is 13.3. The number of carbonyl (C=O) groups excluding carboxylic acids is 2. The predicted octanol–water partition coefficient (Wildman–Crippen LogP) is 1.09. The lowest BCUT2D eigenvalue weighted by Gasteiger charge is -2.32. The highest BCUT2D eigenvalue weighted by molar-refractivity contribution is 5.80. The van der Waals surface area contributed by atoms with Crippen molar-refractivity contribution in [1.82, 2.24) is 14.7 Å². The Balaban J connectivity index is 1.61. The number of unbranched alkanes of at least 4 members (excludes halogenated alkanes) is 1. The van der Waals surface area contributed by atoms with Gasteiger partial charge in [-0.05, 0) is 30.5 Å². The number of nitrogens with zero attached hydrogens (tertiary/aromatic N) is 3. The highest BCUT2D eigenvalue weighted by Gasteiger charge is 2.48. The molecule has 1 aromatic carbocycles. The van der Waals surface area contributed by atoms with Crippen molar-refractivity contribution in [2.45, 2.75) is 44.6 Å². The summed E-state index contributed by atoms with van der Waals surface area (Å²) in [5.41, 5.74) is 6.58. The molecule has 35 heavy (non-hydrogen) atoms. The standard InChI is InChI=1S/C25H36N4O6/c1-2-3-9-27(11-8-26)23(31)15-29-13-18(17-6-7-20-21(12-17)35-16-34-20)24(25(32)33)19(29)14-28-10-4-5-22(28)30/h6-7,12,18-19,24H,2-5,8-11,13-16,26H2,1H3,(H,32,33)/t18-,19+,24?/m1/s1. The van der Waals surface area contributed by atoms with E-state index in [4.69, 9.17) is 15.2 Å². The van der Waals surface area contributed by atoms with Crippen LogP contribution in [0.15, 0.2) is 18.2 Å². The fraction of sp³-hybridized carbons (Fsp3) is 0.640. The molecule has 0 aromatic heterocycles. The van der Waals surface area contributed by atoms with Gasteiger partial charge in [0.15, 0.2) is 11.5 Å². The molecule has 3 heterocycles. The molecule has 192 valence electrons. The molecule has 3 aliphatic heterocycles. The number of aliphatic carboxylic acids is 1. The Hall–Kier alpha value is -2.85. The first kappa shape index (κ1) is 25.2. The van der Waals surface area contributed by atoms with Gasteiger partial charge in [-0.1, -0.05) is 19.4 Å². The van der Waals surface area contributed by atoms with Crippen molar-refractivity contribution in [1.29, 1.82) is 0 Å². The van der Waals surface area contributed by atoms with E-state index in [2.05, 4.69) is 6.92 Å². The van der Waals surface area contributed by atoms with Crippen LogP contribution in [0.5, 0.6) is 11.5 Å². The van der Waals surface area contributed by atoms with E-state index in [9.17, 15) is 19.5 Å². The highest BCUT2D eigenvalue weighted by Crippen LogP contribution is 2.42. The minimum Gasteiger partial charge on any atom is -0.481 e. The average Bonchev–Trinajstić information content (AvgIpc) is 3.55. The summed E-state index contributed by atoms with van der Waals surface area (Å²) >= 11 is 0. The molecule has 10 heteroatoms. The molecule has 4 rings (SSSR count). The monoisotopic (exact) mass is 488 g/mol. The maximum atomic E-state index is 13.3. The lowest BCUT2D eigenvalue weighted by molar-refractivity contribution is -0.144. The summed E-state index contributed by atoms with van der Waals surface area (Å²) in [4.78, 5) is 43.7. The molecule has 2 amide bonds. The van der Waals surface area contributed by atoms with Crippen molar-refractivity contribution >= 4 is 17.8 Å². The van der Waals surface area contributed by atoms with Gasteiger partial charge in [-0.25, -0.2) is 0 Å². The van der Waals surface area contributed by atoms with Gasteiger partial charge in [0, 0.05) is 57.6 Å². The Bertz CT molecular complexity index is 941. The number of carboxylic acids is 1. The smallest absolute Gasteiger partial charge is 0.308 e. The minimum absolute atomic E-state index is 0.0413. The number of carbonyl (C=O) groups is 3. The normalized spacial score (nSPS) is 23.8. The largest absolute Gasteiger partial charge is 0.481 e. The van der Waals surface area contributed by atoms with Crippen LogP contribution in [-0.4, -0.2) is 96.2 Å². The minimum atomic E-state index is -0.927. The third-order valence-corrected chi connectivity index (χ3v) is 7.31. The molecule has 0 aliphatic carbocycles. The Morgan fingerprint density at radius 2 is 2.03 bits per heavy atom. The van der Waals surface area contributed by atoms with Crippen molar-refractivity contribution in [2.24, 2.45) is 11.7 Å². The van der Waals surface area contributed by atoms with Gasteiger partial charge in [-0.3, -0.25) is 19.3 Å². The van der Waals surface area contributed by atoms with Crippen LogP contribution < -0.4 is 15.2 Å². The average molecular weight is 489 g/mol. The van der Waals surface area contributed by atoms with Gasteiger partial charge < -0.3 is 30.1 Å². The molecule has 10 nitrogen and oxygen atoms in total. The van der Waals surface area contributed by atoms with Gasteiger partial charge in [-0.15, -0.1) is 0 Å². The number of hydrogen-bond donors (Lipinski definition) is 2. The van der Waals surface area contributed by atoms with Crippen molar-refractivity contribution in [3.05, 3.63) is 23.8 Å². The van der Waals surface area contributed by atoms with Crippen LogP contribution in [0.4, 0.5) is 0 Å². The van der Waals surface area contributed by atoms with Gasteiger partial charge in [-0.2, -0.15) is 0 Å². The number of benzene rings is 1. The van der Waals surface area contributed by atoms with Crippen LogP contribution in [0.3, 0.4) is 0 Å². The first-order chi connectivity index (χ1) is 16.9. The lowest BCUT2D eigenvalue weighted by atomic mass is 9.85. The molecular formula is C25H36N4O6. The molecule has 0 spiro atoms. The summed E-state index contributed by atoms with van der Waals surface area (Å²) in [5, 5.41) is 10.3. The highest BCUT2D eigenvalue weighted by atomic mass is 16.7. The van der Waals surface area contributed by atoms with Crippen molar-refractivity contribution in [3.63, 3.8) is 0 Å². The zero-order valence-electron chi connectivity index (χ0n) is 20.4. The van der Waals surface area contributed by atoms with Crippen LogP contribution in [0.2, 0.25) is 0 Å². The summed E-state index contributed by atoms with van der Waals surface area (Å²) < 4.78 is 10.9. The maximum Gasteiger partial charge on any atom is 0.308 e. The number of nitrogens with two attached hydrogens (primary N) is 1. The van der Waals surface area contributed by atoms with E-state index < -0.39 is 17.9 Å². The molecule has 1 unspecified atom stereocenters. The first-order valence-electron chi connectivity index (χ1n) is 12.5. The Morgan fingerprint density at radius 1 is 1.23 bits per heavy atom. The third-order valence-electron chi connectivity index (χ3n) is 7.31. The van der Waals surface area contributed by atoms with Crippen LogP contribution in [0, 0.1) is 5.92 Å². The number of likely N-dealkylation sites (tertiary alicyclic amines) is 2. The molecule has 3 atom stereocenters. The van der Waals surface area contributed by atoms with Crippen LogP contribution >= 0.6 is 0 Å². The van der Waals surface area contributed by atoms with Gasteiger partial charge in [0.05, 0.1) is 12.5 Å². The van der Waals surface area contributed by atoms with Gasteiger partial charge >= 0.3 is 5.97 Å². The molecule has 0 radical (unpaired) electrons. The number of ether oxygens (including phenoxy) is 2. The van der Waals surface area contributed by atoms with E-state index in [0.717, 1.165) is 24.8 Å². The first-order valence-corrected chi connectivity index (χ1v) is 12.5. The second-order valence-corrected chi connectivity index (χ2v) is 9.55. The molecule has 2 fully saturated rings. The Labute approximate surface area is 205 Å². The number of amides is 2. The zero-order chi connectivity index (χ0) is 24.9. The van der Waals surface area contributed by atoms with Gasteiger partial charge in [0.25, 0.3) is 0 Å². The second-order valence-electron chi connectivity index (χ2n) is 9.55. The van der Waals surface area contributed by atoms with Crippen molar-refractivity contribution in [3.8, 4) is 11.5 Å². The second kappa shape index (κ2) is 11.3. The fourth-order valence-corrected chi connectivity index (χ4v) is 5.46. The Kier molecular flexibility index (Phi) is 8.12. The van der Waals surface area contributed by atoms with E-state index in [1.54, 1.807) is 15.9 Å².